The molecule has 0 unspecified atom stereocenters. The van der Waals surface area contributed by atoms with Gasteiger partial charge in [0.15, 0.2) is 4.77 Å². The maximum absolute atomic E-state index is 13.7. The van der Waals surface area contributed by atoms with Crippen LogP contribution in [0.4, 0.5) is 4.39 Å². The number of aromatic nitrogens is 2. The van der Waals surface area contributed by atoms with Gasteiger partial charge in [0.25, 0.3) is 0 Å². The van der Waals surface area contributed by atoms with Crippen LogP contribution in [0.3, 0.4) is 0 Å². The van der Waals surface area contributed by atoms with Crippen LogP contribution in [0.1, 0.15) is 26.7 Å². The second-order valence-corrected chi connectivity index (χ2v) is 6.96. The van der Waals surface area contributed by atoms with Crippen LogP contribution in [0, 0.1) is 10.6 Å². The first-order valence-corrected chi connectivity index (χ1v) is 8.60. The van der Waals surface area contributed by atoms with Crippen molar-refractivity contribution in [3.8, 4) is 0 Å². The summed E-state index contributed by atoms with van der Waals surface area (Å²) in [6.07, 6.45) is 4.19. The first-order valence-electron chi connectivity index (χ1n) is 6.59. The zero-order valence-corrected chi connectivity index (χ0v) is 14.2. The van der Waals surface area contributed by atoms with Crippen molar-refractivity contribution in [3.63, 3.8) is 0 Å². The zero-order chi connectivity index (χ0) is 14.9. The third kappa shape index (κ3) is 2.76. The van der Waals surface area contributed by atoms with Crippen molar-refractivity contribution in [1.82, 2.24) is 9.55 Å². The van der Waals surface area contributed by atoms with Crippen molar-refractivity contribution in [1.29, 1.82) is 0 Å². The number of fused-ring (bicyclic) bond motifs is 1. The van der Waals surface area contributed by atoms with Gasteiger partial charge in [-0.2, -0.15) is 11.8 Å². The molecule has 1 heterocycles. The Morgan fingerprint density at radius 1 is 1.40 bits per heavy atom. The molecule has 110 valence electrons. The summed E-state index contributed by atoms with van der Waals surface area (Å²) in [4.78, 5) is 3.11. The number of nitrogens with one attached hydrogen (secondary N) is 1. The summed E-state index contributed by atoms with van der Waals surface area (Å²) in [7, 11) is 0. The van der Waals surface area contributed by atoms with E-state index in [1.54, 1.807) is 6.07 Å². The first-order chi connectivity index (χ1) is 9.46. The minimum absolute atomic E-state index is 0.114. The third-order valence-corrected chi connectivity index (χ3v) is 6.17. The van der Waals surface area contributed by atoms with Gasteiger partial charge in [-0.1, -0.05) is 25.4 Å². The van der Waals surface area contributed by atoms with Crippen molar-refractivity contribution >= 4 is 46.6 Å². The molecule has 0 spiro atoms. The predicted molar refractivity (Wildman–Crippen MR) is 88.9 cm³/mol. The molecule has 2 aromatic rings. The second-order valence-electron chi connectivity index (χ2n) is 4.89. The topological polar surface area (TPSA) is 20.7 Å². The highest BCUT2D eigenvalue weighted by Gasteiger charge is 2.26. The smallest absolute Gasteiger partial charge is 0.178 e. The average Bonchev–Trinajstić information content (AvgIpc) is 2.72. The molecule has 0 aliphatic carbocycles. The van der Waals surface area contributed by atoms with Gasteiger partial charge in [0.2, 0.25) is 0 Å². The van der Waals surface area contributed by atoms with Gasteiger partial charge in [0.1, 0.15) is 5.82 Å². The number of imidazole rings is 1. The largest absolute Gasteiger partial charge is 0.331 e. The van der Waals surface area contributed by atoms with Gasteiger partial charge in [0.05, 0.1) is 16.1 Å². The lowest BCUT2D eigenvalue weighted by Crippen LogP contribution is -2.29. The molecule has 0 saturated heterocycles. The summed E-state index contributed by atoms with van der Waals surface area (Å²) < 4.78 is 16.4. The Hall–Kier alpha value is -0.520. The van der Waals surface area contributed by atoms with E-state index in [0.29, 0.717) is 4.77 Å². The molecule has 0 amide bonds. The molecule has 2 rings (SSSR count). The van der Waals surface area contributed by atoms with E-state index in [1.165, 1.54) is 6.07 Å². The lowest BCUT2D eigenvalue weighted by Gasteiger charge is -2.30. The fourth-order valence-corrected chi connectivity index (χ4v) is 3.70. The zero-order valence-electron chi connectivity index (χ0n) is 11.8. The Morgan fingerprint density at radius 2 is 2.05 bits per heavy atom. The average molecular weight is 333 g/mol. The quantitative estimate of drug-likeness (QED) is 0.738. The fraction of sp³-hybridized carbons (Fsp3) is 0.500. The summed E-state index contributed by atoms with van der Waals surface area (Å²) in [6, 6.07) is 3.05. The van der Waals surface area contributed by atoms with Crippen molar-refractivity contribution in [3.05, 3.63) is 27.7 Å². The summed E-state index contributed by atoms with van der Waals surface area (Å²) in [5.41, 5.74) is 1.56. The van der Waals surface area contributed by atoms with Crippen LogP contribution in [0.15, 0.2) is 12.1 Å². The van der Waals surface area contributed by atoms with Gasteiger partial charge >= 0.3 is 0 Å². The molecule has 0 fully saturated rings. The predicted octanol–water partition coefficient (Wildman–Crippen LogP) is 5.41. The first kappa shape index (κ1) is 15.9. The Kier molecular flexibility index (Phi) is 4.82. The summed E-state index contributed by atoms with van der Waals surface area (Å²) in [5.74, 6) is -0.412. The number of aromatic amines is 1. The number of H-pyrrole nitrogens is 1. The monoisotopic (exact) mass is 332 g/mol. The van der Waals surface area contributed by atoms with Crippen molar-refractivity contribution in [2.45, 2.75) is 38.0 Å². The normalized spacial score (nSPS) is 12.2. The number of thioether (sulfide) groups is 1. The van der Waals surface area contributed by atoms with Crippen LogP contribution in [-0.4, -0.2) is 20.6 Å². The van der Waals surface area contributed by atoms with E-state index in [1.807, 2.05) is 16.3 Å². The summed E-state index contributed by atoms with van der Waals surface area (Å²) >= 11 is 13.0. The number of nitrogens with zero attached hydrogens (tertiary/aromatic N) is 1. The molecular weight excluding hydrogens is 315 g/mol. The molecule has 0 radical (unpaired) electrons. The Morgan fingerprint density at radius 3 is 2.60 bits per heavy atom. The molecule has 0 aliphatic rings. The van der Waals surface area contributed by atoms with Gasteiger partial charge < -0.3 is 9.55 Å². The molecule has 0 aliphatic heterocycles. The molecule has 20 heavy (non-hydrogen) atoms. The maximum Gasteiger partial charge on any atom is 0.178 e. The van der Waals surface area contributed by atoms with Gasteiger partial charge in [-0.05, 0) is 37.4 Å². The lowest BCUT2D eigenvalue weighted by molar-refractivity contribution is 0.470. The van der Waals surface area contributed by atoms with E-state index in [9.17, 15) is 4.39 Å². The van der Waals surface area contributed by atoms with E-state index in [2.05, 4.69) is 25.1 Å². The van der Waals surface area contributed by atoms with E-state index >= 15 is 0 Å². The molecule has 6 heteroatoms. The highest BCUT2D eigenvalue weighted by molar-refractivity contribution is 8.00. The van der Waals surface area contributed by atoms with Gasteiger partial charge in [-0.25, -0.2) is 4.39 Å². The molecule has 0 atom stereocenters. The number of hydrogen-bond donors (Lipinski definition) is 1. The molecule has 2 nitrogen and oxygen atoms in total. The number of halogens is 2. The highest BCUT2D eigenvalue weighted by Crippen LogP contribution is 2.34. The number of benzene rings is 1. The van der Waals surface area contributed by atoms with Gasteiger partial charge in [-0.15, -0.1) is 0 Å². The van der Waals surface area contributed by atoms with Crippen LogP contribution in [-0.2, 0) is 6.54 Å². The van der Waals surface area contributed by atoms with Crippen LogP contribution < -0.4 is 0 Å². The standard InChI is InChI=1S/C14H18ClFN2S2/c1-4-14(5-2,20-3)8-18-12-7-10(16)9(15)6-11(12)17-13(18)19/h6-7H,4-5,8H2,1-3H3,(H,17,19). The van der Waals surface area contributed by atoms with Gasteiger partial charge in [0, 0.05) is 17.4 Å². The summed E-state index contributed by atoms with van der Waals surface area (Å²) in [5, 5.41) is 0.114. The molecule has 1 aromatic heterocycles. The van der Waals surface area contributed by atoms with Crippen molar-refractivity contribution in [2.75, 3.05) is 6.26 Å². The Balaban J connectivity index is 2.57. The van der Waals surface area contributed by atoms with Gasteiger partial charge in [-0.3, -0.25) is 0 Å². The molecule has 0 saturated carbocycles. The van der Waals surface area contributed by atoms with Crippen molar-refractivity contribution in [2.24, 2.45) is 0 Å². The van der Waals surface area contributed by atoms with Crippen molar-refractivity contribution < 1.29 is 4.39 Å². The fourth-order valence-electron chi connectivity index (χ4n) is 2.42. The summed E-state index contributed by atoms with van der Waals surface area (Å²) in [6.45, 7) is 5.12. The van der Waals surface area contributed by atoms with Crippen LogP contribution >= 0.6 is 35.6 Å². The van der Waals surface area contributed by atoms with E-state index < -0.39 is 5.82 Å². The van der Waals surface area contributed by atoms with Crippen LogP contribution in [0.25, 0.3) is 11.0 Å². The SMILES string of the molecule is CCC(CC)(Cn1c(=S)[nH]c2cc(Cl)c(F)cc21)SC. The molecule has 0 bridgehead atoms. The highest BCUT2D eigenvalue weighted by atomic mass is 35.5. The minimum Gasteiger partial charge on any atom is -0.331 e. The molecule has 1 N–H and O–H groups in total. The third-order valence-electron chi connectivity index (χ3n) is 3.98. The second kappa shape index (κ2) is 6.08. The van der Waals surface area contributed by atoms with E-state index in [4.69, 9.17) is 23.8 Å². The van der Waals surface area contributed by atoms with E-state index in [-0.39, 0.29) is 9.77 Å². The van der Waals surface area contributed by atoms with Crippen LogP contribution in [0.5, 0.6) is 0 Å². The van der Waals surface area contributed by atoms with E-state index in [0.717, 1.165) is 30.4 Å². The number of rotatable bonds is 5. The molecule has 1 aromatic carbocycles. The van der Waals surface area contributed by atoms with Crippen LogP contribution in [0.2, 0.25) is 5.02 Å². The Labute approximate surface area is 132 Å². The lowest BCUT2D eigenvalue weighted by atomic mass is 10.0. The maximum atomic E-state index is 13.7. The Bertz CT molecular complexity index is 665. The number of hydrogen-bond acceptors (Lipinski definition) is 2. The minimum atomic E-state index is -0.412. The molecular formula is C14H18ClFN2S2.